The minimum absolute atomic E-state index is 0.127. The van der Waals surface area contributed by atoms with Crippen LogP contribution in [0.2, 0.25) is 0 Å². The number of rotatable bonds is 8. The zero-order valence-corrected chi connectivity index (χ0v) is 14.9. The highest BCUT2D eigenvalue weighted by Crippen LogP contribution is 2.39. The third kappa shape index (κ3) is 4.46. The van der Waals surface area contributed by atoms with Crippen molar-refractivity contribution in [2.24, 2.45) is 0 Å². The number of benzene rings is 1. The van der Waals surface area contributed by atoms with E-state index >= 15 is 0 Å². The Morgan fingerprint density at radius 2 is 2.12 bits per heavy atom. The van der Waals surface area contributed by atoms with Crippen LogP contribution in [0.4, 0.5) is 5.69 Å². The topological polar surface area (TPSA) is 104 Å². The van der Waals surface area contributed by atoms with Gasteiger partial charge in [-0.05, 0) is 43.5 Å². The molecule has 2 aromatic rings. The van der Waals surface area contributed by atoms with Gasteiger partial charge in [-0.15, -0.1) is 0 Å². The van der Waals surface area contributed by atoms with E-state index in [4.69, 9.17) is 0 Å². The van der Waals surface area contributed by atoms with E-state index in [0.717, 1.165) is 31.4 Å². The smallest absolute Gasteiger partial charge is 0.276 e. The lowest BCUT2D eigenvalue weighted by Crippen LogP contribution is -2.24. The molecule has 134 valence electrons. The molecule has 1 heterocycles. The van der Waals surface area contributed by atoms with Crippen LogP contribution in [0.25, 0.3) is 0 Å². The molecule has 0 atom stereocenters. The molecule has 1 amide bonds. The van der Waals surface area contributed by atoms with E-state index in [-0.39, 0.29) is 10.8 Å². The quantitative estimate of drug-likeness (QED) is 0.628. The van der Waals surface area contributed by atoms with Crippen LogP contribution >= 0.6 is 0 Å². The van der Waals surface area contributed by atoms with E-state index in [2.05, 4.69) is 20.2 Å². The Labute approximate surface area is 147 Å². The summed E-state index contributed by atoms with van der Waals surface area (Å²) in [5.41, 5.74) is 1.69. The summed E-state index contributed by atoms with van der Waals surface area (Å²) in [4.78, 5) is 12.4. The zero-order chi connectivity index (χ0) is 17.9. The number of nitrogens with zero attached hydrogens (tertiary/aromatic N) is 1. The number of aromatic amines is 1. The number of nitrogens with one attached hydrogen (secondary N) is 3. The fraction of sp³-hybridized carbons (Fsp3) is 0.412. The van der Waals surface area contributed by atoms with Crippen LogP contribution in [0.5, 0.6) is 0 Å². The summed E-state index contributed by atoms with van der Waals surface area (Å²) in [5, 5.41) is 9.61. The molecule has 1 aliphatic rings. The minimum atomic E-state index is -3.58. The second-order valence-electron chi connectivity index (χ2n) is 6.22. The Morgan fingerprint density at radius 3 is 2.84 bits per heavy atom. The normalized spacial score (nSPS) is 14.4. The molecule has 1 aromatic carbocycles. The second-order valence-corrected chi connectivity index (χ2v) is 7.98. The molecule has 0 spiro atoms. The monoisotopic (exact) mass is 362 g/mol. The number of hydrogen-bond donors (Lipinski definition) is 3. The minimum Gasteiger partial charge on any atom is -0.321 e. The maximum Gasteiger partial charge on any atom is 0.276 e. The van der Waals surface area contributed by atoms with E-state index in [0.29, 0.717) is 23.8 Å². The number of aromatic nitrogens is 2. The zero-order valence-electron chi connectivity index (χ0n) is 14.1. The molecule has 0 unspecified atom stereocenters. The van der Waals surface area contributed by atoms with E-state index in [9.17, 15) is 13.2 Å². The maximum atomic E-state index is 12.3. The lowest BCUT2D eigenvalue weighted by atomic mass is 10.2. The number of unbranched alkanes of at least 4 members (excludes halogenated alkanes) is 1. The van der Waals surface area contributed by atoms with Crippen molar-refractivity contribution in [3.8, 4) is 0 Å². The molecule has 1 saturated carbocycles. The van der Waals surface area contributed by atoms with Crippen molar-refractivity contribution in [2.75, 3.05) is 11.9 Å². The third-order valence-electron chi connectivity index (χ3n) is 4.07. The van der Waals surface area contributed by atoms with Crippen LogP contribution in [0.15, 0.2) is 35.2 Å². The number of hydrogen-bond acceptors (Lipinski definition) is 4. The average molecular weight is 362 g/mol. The van der Waals surface area contributed by atoms with Gasteiger partial charge in [-0.2, -0.15) is 5.10 Å². The molecule has 1 aromatic heterocycles. The molecule has 3 rings (SSSR count). The highest BCUT2D eigenvalue weighted by molar-refractivity contribution is 7.89. The molecule has 3 N–H and O–H groups in total. The average Bonchev–Trinajstić information content (AvgIpc) is 3.32. The summed E-state index contributed by atoms with van der Waals surface area (Å²) in [6, 6.07) is 7.95. The predicted octanol–water partition coefficient (Wildman–Crippen LogP) is 2.62. The molecule has 7 nitrogen and oxygen atoms in total. The lowest BCUT2D eigenvalue weighted by Gasteiger charge is -2.08. The second kappa shape index (κ2) is 7.37. The van der Waals surface area contributed by atoms with Gasteiger partial charge in [-0.25, -0.2) is 13.1 Å². The third-order valence-corrected chi connectivity index (χ3v) is 5.53. The summed E-state index contributed by atoms with van der Waals surface area (Å²) in [6.07, 6.45) is 3.92. The molecule has 1 fully saturated rings. The molecule has 0 radical (unpaired) electrons. The largest absolute Gasteiger partial charge is 0.321 e. The number of carbonyl (C=O) groups is 1. The first kappa shape index (κ1) is 17.6. The number of carbonyl (C=O) groups excluding carboxylic acids is 1. The van der Waals surface area contributed by atoms with Crippen molar-refractivity contribution in [1.82, 2.24) is 14.9 Å². The van der Waals surface area contributed by atoms with E-state index in [1.54, 1.807) is 18.2 Å². The van der Waals surface area contributed by atoms with Gasteiger partial charge in [0.2, 0.25) is 10.0 Å². The fourth-order valence-corrected chi connectivity index (χ4v) is 3.58. The first-order chi connectivity index (χ1) is 12.0. The van der Waals surface area contributed by atoms with Gasteiger partial charge in [0, 0.05) is 23.8 Å². The molecule has 0 saturated heterocycles. The van der Waals surface area contributed by atoms with Crippen LogP contribution in [0, 0.1) is 0 Å². The number of sulfonamides is 1. The van der Waals surface area contributed by atoms with E-state index < -0.39 is 10.0 Å². The van der Waals surface area contributed by atoms with Crippen molar-refractivity contribution in [2.45, 2.75) is 43.4 Å². The van der Waals surface area contributed by atoms with Gasteiger partial charge in [0.1, 0.15) is 0 Å². The summed E-state index contributed by atoms with van der Waals surface area (Å²) < 4.78 is 27.1. The van der Waals surface area contributed by atoms with Crippen molar-refractivity contribution in [3.63, 3.8) is 0 Å². The van der Waals surface area contributed by atoms with Crippen molar-refractivity contribution >= 4 is 21.6 Å². The number of anilines is 1. The van der Waals surface area contributed by atoms with Crippen LogP contribution in [-0.4, -0.2) is 31.1 Å². The molecule has 0 aliphatic heterocycles. The molecule has 0 bridgehead atoms. The van der Waals surface area contributed by atoms with Gasteiger partial charge in [0.15, 0.2) is 5.69 Å². The van der Waals surface area contributed by atoms with Gasteiger partial charge >= 0.3 is 0 Å². The molecular formula is C17H22N4O3S. The fourth-order valence-electron chi connectivity index (χ4n) is 2.46. The van der Waals surface area contributed by atoms with Gasteiger partial charge in [-0.1, -0.05) is 19.4 Å². The Bertz CT molecular complexity index is 856. The van der Waals surface area contributed by atoms with Crippen LogP contribution < -0.4 is 10.0 Å². The lowest BCUT2D eigenvalue weighted by molar-refractivity contribution is 0.102. The predicted molar refractivity (Wildman–Crippen MR) is 95.1 cm³/mol. The van der Waals surface area contributed by atoms with Crippen molar-refractivity contribution in [1.29, 1.82) is 0 Å². The Balaban J connectivity index is 1.69. The molecule has 8 heteroatoms. The van der Waals surface area contributed by atoms with Crippen molar-refractivity contribution in [3.05, 3.63) is 41.7 Å². The van der Waals surface area contributed by atoms with Gasteiger partial charge in [0.05, 0.1) is 4.90 Å². The summed E-state index contributed by atoms with van der Waals surface area (Å²) in [6.45, 7) is 2.39. The van der Waals surface area contributed by atoms with E-state index in [1.807, 2.05) is 6.92 Å². The SMILES string of the molecule is CCCCNS(=O)(=O)c1cccc(NC(=O)c2cc(C3CC3)[nH]n2)c1. The van der Waals surface area contributed by atoms with Crippen LogP contribution in [0.1, 0.15) is 54.7 Å². The first-order valence-electron chi connectivity index (χ1n) is 8.46. The van der Waals surface area contributed by atoms with Crippen molar-refractivity contribution < 1.29 is 13.2 Å². The van der Waals surface area contributed by atoms with E-state index in [1.165, 1.54) is 12.1 Å². The standard InChI is InChI=1S/C17H22N4O3S/c1-2-3-9-18-25(23,24)14-6-4-5-13(10-14)19-17(22)16-11-15(20-21-16)12-7-8-12/h4-6,10-12,18H,2-3,7-9H2,1H3,(H,19,22)(H,20,21). The number of amides is 1. The molecule has 1 aliphatic carbocycles. The highest BCUT2D eigenvalue weighted by Gasteiger charge is 2.26. The van der Waals surface area contributed by atoms with Crippen LogP contribution in [0.3, 0.4) is 0 Å². The Morgan fingerprint density at radius 1 is 1.32 bits per heavy atom. The summed E-state index contributed by atoms with van der Waals surface area (Å²) >= 11 is 0. The number of H-pyrrole nitrogens is 1. The molecular weight excluding hydrogens is 340 g/mol. The first-order valence-corrected chi connectivity index (χ1v) is 9.94. The highest BCUT2D eigenvalue weighted by atomic mass is 32.2. The van der Waals surface area contributed by atoms with Gasteiger partial charge in [0.25, 0.3) is 5.91 Å². The summed E-state index contributed by atoms with van der Waals surface area (Å²) in [7, 11) is -3.58. The molecule has 25 heavy (non-hydrogen) atoms. The maximum absolute atomic E-state index is 12.3. The van der Waals surface area contributed by atoms with Gasteiger partial charge in [-0.3, -0.25) is 9.89 Å². The van der Waals surface area contributed by atoms with Gasteiger partial charge < -0.3 is 5.32 Å². The Kier molecular flexibility index (Phi) is 5.19. The Hall–Kier alpha value is -2.19. The van der Waals surface area contributed by atoms with Crippen LogP contribution in [-0.2, 0) is 10.0 Å². The summed E-state index contributed by atoms with van der Waals surface area (Å²) in [5.74, 6) is 0.119.